The third-order valence-corrected chi connectivity index (χ3v) is 6.32. The van der Waals surface area contributed by atoms with Gasteiger partial charge in [-0.2, -0.15) is 0 Å². The number of hydrogen-bond donors (Lipinski definition) is 2. The van der Waals surface area contributed by atoms with Gasteiger partial charge in [-0.25, -0.2) is 23.1 Å². The molecule has 0 aliphatic carbocycles. The molecule has 0 atom stereocenters. The molecule has 2 aromatic rings. The van der Waals surface area contributed by atoms with Crippen LogP contribution < -0.4 is 10.0 Å². The van der Waals surface area contributed by atoms with Gasteiger partial charge in [0.1, 0.15) is 0 Å². The fourth-order valence-corrected chi connectivity index (χ4v) is 4.17. The molecule has 0 bridgehead atoms. The van der Waals surface area contributed by atoms with Crippen LogP contribution in [0, 0.1) is 6.92 Å². The van der Waals surface area contributed by atoms with Crippen LogP contribution in [0.4, 0.5) is 11.6 Å². The topological polar surface area (TPSA) is 101 Å². The summed E-state index contributed by atoms with van der Waals surface area (Å²) in [6, 6.07) is 7.75. The maximum Gasteiger partial charge on any atom is 0.264 e. The van der Waals surface area contributed by atoms with Gasteiger partial charge in [0.15, 0.2) is 0 Å². The van der Waals surface area contributed by atoms with Crippen LogP contribution in [-0.2, 0) is 14.8 Å². The molecule has 170 valence electrons. The van der Waals surface area contributed by atoms with Crippen LogP contribution in [0.1, 0.15) is 76.8 Å². The summed E-state index contributed by atoms with van der Waals surface area (Å²) < 4.78 is 27.3. The van der Waals surface area contributed by atoms with Crippen molar-refractivity contribution in [1.29, 1.82) is 0 Å². The Kier molecular flexibility index (Phi) is 10.4. The smallest absolute Gasteiger partial charge is 0.264 e. The van der Waals surface area contributed by atoms with Gasteiger partial charge >= 0.3 is 0 Å². The molecule has 0 fully saturated rings. The third-order valence-electron chi connectivity index (χ3n) is 4.98. The molecule has 1 amide bonds. The molecule has 31 heavy (non-hydrogen) atoms. The molecule has 2 rings (SSSR count). The van der Waals surface area contributed by atoms with E-state index in [1.807, 2.05) is 0 Å². The largest absolute Gasteiger partial charge is 0.326 e. The van der Waals surface area contributed by atoms with Gasteiger partial charge in [-0.3, -0.25) is 4.79 Å². The molecule has 7 nitrogen and oxygen atoms in total. The summed E-state index contributed by atoms with van der Waals surface area (Å²) in [4.78, 5) is 20.2. The van der Waals surface area contributed by atoms with Crippen molar-refractivity contribution in [2.45, 2.75) is 83.0 Å². The average Bonchev–Trinajstić information content (AvgIpc) is 2.72. The zero-order valence-electron chi connectivity index (χ0n) is 18.6. The number of amides is 1. The van der Waals surface area contributed by atoms with Crippen molar-refractivity contribution < 1.29 is 13.2 Å². The van der Waals surface area contributed by atoms with Crippen LogP contribution in [0.25, 0.3) is 0 Å². The van der Waals surface area contributed by atoms with Crippen molar-refractivity contribution in [3.8, 4) is 0 Å². The van der Waals surface area contributed by atoms with Gasteiger partial charge in [0.05, 0.1) is 4.90 Å². The van der Waals surface area contributed by atoms with Crippen molar-refractivity contribution >= 4 is 27.6 Å². The monoisotopic (exact) mass is 446 g/mol. The van der Waals surface area contributed by atoms with Gasteiger partial charge < -0.3 is 5.32 Å². The molecule has 2 N–H and O–H groups in total. The molecule has 0 saturated carbocycles. The zero-order valence-corrected chi connectivity index (χ0v) is 19.4. The Morgan fingerprint density at radius 2 is 1.52 bits per heavy atom. The van der Waals surface area contributed by atoms with Crippen LogP contribution in [0.5, 0.6) is 0 Å². The van der Waals surface area contributed by atoms with Gasteiger partial charge in [-0.15, -0.1) is 0 Å². The fourth-order valence-electron chi connectivity index (χ4n) is 3.21. The minimum absolute atomic E-state index is 0.0262. The molecular formula is C23H34N4O3S. The predicted octanol–water partition coefficient (Wildman–Crippen LogP) is 5.45. The molecule has 0 radical (unpaired) electrons. The quantitative estimate of drug-likeness (QED) is 0.376. The van der Waals surface area contributed by atoms with Crippen LogP contribution in [0.3, 0.4) is 0 Å². The standard InChI is InChI=1S/C23H34N4O3S/c1-3-4-5-6-7-8-9-10-11-12-22(28)26-20-13-15-21(16-14-20)31(29,30)27-23-24-18-17-19(2)25-23/h13-18H,3-12H2,1-2H3,(H,26,28)(H,24,25,27). The normalized spacial score (nSPS) is 11.3. The van der Waals surface area contributed by atoms with E-state index in [1.54, 1.807) is 25.1 Å². The summed E-state index contributed by atoms with van der Waals surface area (Å²) in [7, 11) is -3.79. The van der Waals surface area contributed by atoms with Gasteiger partial charge in [0, 0.05) is 24.0 Å². The molecule has 0 spiro atoms. The highest BCUT2D eigenvalue weighted by Gasteiger charge is 2.16. The number of aromatic nitrogens is 2. The van der Waals surface area contributed by atoms with Gasteiger partial charge in [-0.1, -0.05) is 58.3 Å². The van der Waals surface area contributed by atoms with Gasteiger partial charge in [0.25, 0.3) is 10.0 Å². The van der Waals surface area contributed by atoms with E-state index < -0.39 is 10.0 Å². The molecule has 0 aliphatic heterocycles. The van der Waals surface area contributed by atoms with E-state index in [0.29, 0.717) is 17.8 Å². The molecule has 8 heteroatoms. The minimum atomic E-state index is -3.79. The van der Waals surface area contributed by atoms with E-state index >= 15 is 0 Å². The Bertz CT molecular complexity index is 915. The molecule has 1 heterocycles. The van der Waals surface area contributed by atoms with Gasteiger partial charge in [0.2, 0.25) is 11.9 Å². The number of hydrogen-bond acceptors (Lipinski definition) is 5. The third kappa shape index (κ3) is 9.46. The lowest BCUT2D eigenvalue weighted by Gasteiger charge is -2.09. The number of benzene rings is 1. The van der Waals surface area contributed by atoms with E-state index in [4.69, 9.17) is 0 Å². The second-order valence-corrected chi connectivity index (χ2v) is 9.46. The van der Waals surface area contributed by atoms with E-state index in [2.05, 4.69) is 26.9 Å². The highest BCUT2D eigenvalue weighted by atomic mass is 32.2. The second kappa shape index (κ2) is 13.0. The molecule has 0 unspecified atom stereocenters. The number of aryl methyl sites for hydroxylation is 1. The van der Waals surface area contributed by atoms with Gasteiger partial charge in [-0.05, 0) is 43.7 Å². The first-order chi connectivity index (χ1) is 14.9. The summed E-state index contributed by atoms with van der Waals surface area (Å²) in [5, 5.41) is 2.82. The number of nitrogens with one attached hydrogen (secondary N) is 2. The van der Waals surface area contributed by atoms with E-state index in [-0.39, 0.29) is 16.8 Å². The van der Waals surface area contributed by atoms with Crippen LogP contribution in [0.15, 0.2) is 41.4 Å². The number of anilines is 2. The van der Waals surface area contributed by atoms with Crippen LogP contribution in [-0.4, -0.2) is 24.3 Å². The Morgan fingerprint density at radius 3 is 2.13 bits per heavy atom. The lowest BCUT2D eigenvalue weighted by molar-refractivity contribution is -0.116. The molecule has 0 aliphatic rings. The Morgan fingerprint density at radius 1 is 0.903 bits per heavy atom. The van der Waals surface area contributed by atoms with Crippen molar-refractivity contribution in [1.82, 2.24) is 9.97 Å². The number of rotatable bonds is 14. The molecule has 1 aromatic carbocycles. The Hall–Kier alpha value is -2.48. The first-order valence-corrected chi connectivity index (χ1v) is 12.6. The number of nitrogens with zero attached hydrogens (tertiary/aromatic N) is 2. The summed E-state index contributed by atoms with van der Waals surface area (Å²) >= 11 is 0. The molecule has 1 aromatic heterocycles. The summed E-state index contributed by atoms with van der Waals surface area (Å²) in [6.45, 7) is 3.98. The molecular weight excluding hydrogens is 412 g/mol. The summed E-state index contributed by atoms with van der Waals surface area (Å²) in [5.74, 6) is -0.0248. The van der Waals surface area contributed by atoms with Crippen LogP contribution >= 0.6 is 0 Å². The number of carbonyl (C=O) groups is 1. The van der Waals surface area contributed by atoms with E-state index in [1.165, 1.54) is 63.3 Å². The fraction of sp³-hybridized carbons (Fsp3) is 0.522. The van der Waals surface area contributed by atoms with Crippen LogP contribution in [0.2, 0.25) is 0 Å². The highest BCUT2D eigenvalue weighted by molar-refractivity contribution is 7.92. The Balaban J connectivity index is 1.72. The number of carbonyl (C=O) groups excluding carboxylic acids is 1. The summed E-state index contributed by atoms with van der Waals surface area (Å²) in [6.07, 6.45) is 12.8. The zero-order chi connectivity index (χ0) is 22.5. The number of unbranched alkanes of at least 4 members (excludes halogenated alkanes) is 8. The van der Waals surface area contributed by atoms with Crippen molar-refractivity contribution in [3.63, 3.8) is 0 Å². The predicted molar refractivity (Wildman–Crippen MR) is 124 cm³/mol. The Labute approximate surface area is 186 Å². The molecule has 0 saturated heterocycles. The minimum Gasteiger partial charge on any atom is -0.326 e. The first kappa shape index (κ1) is 24.8. The second-order valence-electron chi connectivity index (χ2n) is 7.78. The summed E-state index contributed by atoms with van der Waals surface area (Å²) in [5.41, 5.74) is 1.24. The highest BCUT2D eigenvalue weighted by Crippen LogP contribution is 2.17. The maximum atomic E-state index is 12.5. The lowest BCUT2D eigenvalue weighted by atomic mass is 10.1. The SMILES string of the molecule is CCCCCCCCCCCC(=O)Nc1ccc(S(=O)(=O)Nc2nccc(C)n2)cc1. The lowest BCUT2D eigenvalue weighted by Crippen LogP contribution is -2.15. The first-order valence-electron chi connectivity index (χ1n) is 11.1. The van der Waals surface area contributed by atoms with E-state index in [0.717, 1.165) is 12.8 Å². The van der Waals surface area contributed by atoms with Crippen molar-refractivity contribution in [2.75, 3.05) is 10.0 Å². The maximum absolute atomic E-state index is 12.5. The van der Waals surface area contributed by atoms with Crippen molar-refractivity contribution in [2.24, 2.45) is 0 Å². The number of sulfonamides is 1. The van der Waals surface area contributed by atoms with Crippen molar-refractivity contribution in [3.05, 3.63) is 42.2 Å². The van der Waals surface area contributed by atoms with E-state index in [9.17, 15) is 13.2 Å². The average molecular weight is 447 g/mol.